The van der Waals surface area contributed by atoms with Crippen LogP contribution in [0.25, 0.3) is 49.9 Å². The lowest BCUT2D eigenvalue weighted by Gasteiger charge is -2.11. The van der Waals surface area contributed by atoms with Gasteiger partial charge in [0.15, 0.2) is 0 Å². The van der Waals surface area contributed by atoms with Gasteiger partial charge in [-0.1, -0.05) is 60.7 Å². The molecule has 0 saturated carbocycles. The van der Waals surface area contributed by atoms with Crippen molar-refractivity contribution in [2.24, 2.45) is 0 Å². The summed E-state index contributed by atoms with van der Waals surface area (Å²) in [4.78, 5) is 3.43. The lowest BCUT2D eigenvalue weighted by atomic mass is 9.94. The first-order chi connectivity index (χ1) is 11.9. The summed E-state index contributed by atoms with van der Waals surface area (Å²) in [6.45, 7) is 0. The van der Waals surface area contributed by atoms with Crippen LogP contribution in [-0.4, -0.2) is 9.55 Å². The zero-order valence-electron chi connectivity index (χ0n) is 13.0. The van der Waals surface area contributed by atoms with Crippen LogP contribution >= 0.6 is 0 Å². The SMILES string of the molecule is c1ccc2c(c1)-c1ccccc1-n1c3cc[nH]c3c3cccc-2c31. The molecule has 1 N–H and O–H groups in total. The Labute approximate surface area is 139 Å². The van der Waals surface area contributed by atoms with E-state index < -0.39 is 0 Å². The van der Waals surface area contributed by atoms with Gasteiger partial charge < -0.3 is 9.55 Å². The molecule has 2 nitrogen and oxygen atoms in total. The molecule has 0 fully saturated rings. The summed E-state index contributed by atoms with van der Waals surface area (Å²) in [6.07, 6.45) is 2.03. The molecule has 2 aromatic heterocycles. The fourth-order valence-electron chi connectivity index (χ4n) is 4.19. The van der Waals surface area contributed by atoms with E-state index >= 15 is 0 Å². The Kier molecular flexibility index (Phi) is 2.12. The Balaban J connectivity index is 1.99. The smallest absolute Gasteiger partial charge is 0.0720 e. The van der Waals surface area contributed by atoms with E-state index in [4.69, 9.17) is 0 Å². The number of aromatic amines is 1. The number of fused-ring (bicyclic) bond motifs is 8. The van der Waals surface area contributed by atoms with Gasteiger partial charge in [-0.25, -0.2) is 0 Å². The van der Waals surface area contributed by atoms with Crippen molar-refractivity contribution in [1.82, 2.24) is 9.55 Å². The van der Waals surface area contributed by atoms with E-state index in [1.807, 2.05) is 6.20 Å². The van der Waals surface area contributed by atoms with Crippen LogP contribution in [-0.2, 0) is 0 Å². The lowest BCUT2D eigenvalue weighted by Crippen LogP contribution is -1.94. The Morgan fingerprint density at radius 2 is 1.33 bits per heavy atom. The fourth-order valence-corrected chi connectivity index (χ4v) is 4.19. The van der Waals surface area contributed by atoms with Crippen molar-refractivity contribution in [2.75, 3.05) is 0 Å². The van der Waals surface area contributed by atoms with Crippen molar-refractivity contribution in [2.45, 2.75) is 0 Å². The summed E-state index contributed by atoms with van der Waals surface area (Å²) < 4.78 is 2.41. The molecule has 0 atom stereocenters. The van der Waals surface area contributed by atoms with E-state index in [1.165, 1.54) is 49.9 Å². The predicted molar refractivity (Wildman–Crippen MR) is 99.6 cm³/mol. The molecule has 6 rings (SSSR count). The van der Waals surface area contributed by atoms with Crippen LogP contribution in [0.15, 0.2) is 79.0 Å². The first-order valence-corrected chi connectivity index (χ1v) is 8.23. The summed E-state index contributed by atoms with van der Waals surface area (Å²) in [5.41, 5.74) is 10.2. The number of para-hydroxylation sites is 2. The van der Waals surface area contributed by atoms with E-state index in [2.05, 4.69) is 82.3 Å². The number of aromatic nitrogens is 2. The molecule has 3 heterocycles. The molecule has 0 spiro atoms. The van der Waals surface area contributed by atoms with Crippen molar-refractivity contribution in [3.8, 4) is 27.9 Å². The molecule has 112 valence electrons. The first kappa shape index (κ1) is 12.2. The van der Waals surface area contributed by atoms with E-state index in [1.54, 1.807) is 0 Å². The Morgan fingerprint density at radius 3 is 2.21 bits per heavy atom. The number of hydrogen-bond donors (Lipinski definition) is 1. The van der Waals surface area contributed by atoms with Gasteiger partial charge in [-0.15, -0.1) is 0 Å². The zero-order valence-corrected chi connectivity index (χ0v) is 13.0. The predicted octanol–water partition coefficient (Wildman–Crippen LogP) is 5.76. The monoisotopic (exact) mass is 306 g/mol. The van der Waals surface area contributed by atoms with E-state index in [-0.39, 0.29) is 0 Å². The van der Waals surface area contributed by atoms with Crippen LogP contribution in [0.1, 0.15) is 0 Å². The highest BCUT2D eigenvalue weighted by Gasteiger charge is 2.23. The number of nitrogens with zero attached hydrogens (tertiary/aromatic N) is 1. The zero-order chi connectivity index (χ0) is 15.7. The average molecular weight is 306 g/mol. The number of rotatable bonds is 0. The van der Waals surface area contributed by atoms with Crippen molar-refractivity contribution in [3.63, 3.8) is 0 Å². The largest absolute Gasteiger partial charge is 0.359 e. The molecule has 0 saturated heterocycles. The fraction of sp³-hybridized carbons (Fsp3) is 0. The Hall–Kier alpha value is -3.26. The van der Waals surface area contributed by atoms with Crippen molar-refractivity contribution in [1.29, 1.82) is 0 Å². The third kappa shape index (κ3) is 1.32. The number of benzene rings is 3. The molecule has 0 amide bonds. The quantitative estimate of drug-likeness (QED) is 0.368. The second kappa shape index (κ2) is 4.18. The summed E-state index contributed by atoms with van der Waals surface area (Å²) in [5, 5.41) is 1.28. The molecule has 1 aliphatic rings. The van der Waals surface area contributed by atoms with Gasteiger partial charge in [0, 0.05) is 22.7 Å². The van der Waals surface area contributed by atoms with Gasteiger partial charge in [-0.2, -0.15) is 0 Å². The Morgan fingerprint density at radius 1 is 0.625 bits per heavy atom. The third-order valence-electron chi connectivity index (χ3n) is 5.15. The number of nitrogens with one attached hydrogen (secondary N) is 1. The maximum atomic E-state index is 3.43. The van der Waals surface area contributed by atoms with Gasteiger partial charge in [0.2, 0.25) is 0 Å². The van der Waals surface area contributed by atoms with Crippen molar-refractivity contribution in [3.05, 3.63) is 79.0 Å². The highest BCUT2D eigenvalue weighted by Crippen LogP contribution is 2.45. The molecule has 0 aliphatic carbocycles. The van der Waals surface area contributed by atoms with Crippen LogP contribution in [0.5, 0.6) is 0 Å². The molecule has 0 bridgehead atoms. The van der Waals surface area contributed by atoms with Crippen LogP contribution in [0.4, 0.5) is 0 Å². The van der Waals surface area contributed by atoms with Gasteiger partial charge in [0.1, 0.15) is 0 Å². The Bertz CT molecular complexity index is 1250. The van der Waals surface area contributed by atoms with Crippen LogP contribution < -0.4 is 0 Å². The minimum Gasteiger partial charge on any atom is -0.359 e. The average Bonchev–Trinajstić information content (AvgIpc) is 3.19. The molecule has 0 radical (unpaired) electrons. The topological polar surface area (TPSA) is 20.7 Å². The van der Waals surface area contributed by atoms with Gasteiger partial charge >= 0.3 is 0 Å². The molecule has 24 heavy (non-hydrogen) atoms. The van der Waals surface area contributed by atoms with E-state index in [0.717, 1.165) is 0 Å². The number of H-pyrrole nitrogens is 1. The molecule has 2 heteroatoms. The summed E-state index contributed by atoms with van der Waals surface area (Å²) in [7, 11) is 0. The minimum absolute atomic E-state index is 1.21. The highest BCUT2D eigenvalue weighted by molar-refractivity contribution is 6.15. The van der Waals surface area contributed by atoms with Crippen LogP contribution in [0, 0.1) is 0 Å². The third-order valence-corrected chi connectivity index (χ3v) is 5.15. The molecule has 0 unspecified atom stereocenters. The lowest BCUT2D eigenvalue weighted by molar-refractivity contribution is 1.19. The van der Waals surface area contributed by atoms with E-state index in [9.17, 15) is 0 Å². The molecule has 3 aromatic carbocycles. The molecular formula is C22H14N2. The maximum absolute atomic E-state index is 3.43. The normalized spacial score (nSPS) is 12.2. The van der Waals surface area contributed by atoms with Gasteiger partial charge in [0.25, 0.3) is 0 Å². The van der Waals surface area contributed by atoms with Crippen molar-refractivity contribution >= 4 is 21.9 Å². The summed E-state index contributed by atoms with van der Waals surface area (Å²) in [5.74, 6) is 0. The van der Waals surface area contributed by atoms with Gasteiger partial charge in [-0.05, 0) is 23.3 Å². The summed E-state index contributed by atoms with van der Waals surface area (Å²) >= 11 is 0. The second-order valence-electron chi connectivity index (χ2n) is 6.34. The van der Waals surface area contributed by atoms with E-state index in [0.29, 0.717) is 0 Å². The number of hydrogen-bond acceptors (Lipinski definition) is 0. The molecule has 1 aliphatic heterocycles. The van der Waals surface area contributed by atoms with Crippen molar-refractivity contribution < 1.29 is 0 Å². The maximum Gasteiger partial charge on any atom is 0.0720 e. The second-order valence-corrected chi connectivity index (χ2v) is 6.34. The highest BCUT2D eigenvalue weighted by atomic mass is 15.0. The van der Waals surface area contributed by atoms with Crippen LogP contribution in [0.3, 0.4) is 0 Å². The van der Waals surface area contributed by atoms with Crippen LogP contribution in [0.2, 0.25) is 0 Å². The van der Waals surface area contributed by atoms with Gasteiger partial charge in [-0.3, -0.25) is 0 Å². The molecular weight excluding hydrogens is 292 g/mol. The minimum atomic E-state index is 1.21. The molecule has 5 aromatic rings. The summed E-state index contributed by atoms with van der Waals surface area (Å²) in [6, 6.07) is 26.2. The van der Waals surface area contributed by atoms with Gasteiger partial charge in [0.05, 0.1) is 22.2 Å². The standard InChI is InChI=1S/C22H14N2/c1-2-7-15-14(6-1)16-8-3-4-11-19(16)24-20-12-13-23-21(20)18-10-5-9-17(15)22(18)24/h1-13,23H. The first-order valence-electron chi connectivity index (χ1n) is 8.23.